The lowest BCUT2D eigenvalue weighted by Gasteiger charge is -2.27. The third-order valence-electron chi connectivity index (χ3n) is 3.32. The summed E-state index contributed by atoms with van der Waals surface area (Å²) in [7, 11) is 0. The van der Waals surface area contributed by atoms with Crippen LogP contribution in [0, 0.1) is 0 Å². The van der Waals surface area contributed by atoms with Crippen molar-refractivity contribution in [2.24, 2.45) is 0 Å². The van der Waals surface area contributed by atoms with Gasteiger partial charge in [0.05, 0.1) is 12.2 Å². The van der Waals surface area contributed by atoms with Crippen molar-refractivity contribution in [2.45, 2.75) is 43.3 Å². The van der Waals surface area contributed by atoms with Crippen molar-refractivity contribution < 1.29 is 20.4 Å². The molecule has 0 aromatic rings. The van der Waals surface area contributed by atoms with Crippen molar-refractivity contribution in [3.05, 3.63) is 0 Å². The zero-order chi connectivity index (χ0) is 10.3. The van der Waals surface area contributed by atoms with Gasteiger partial charge < -0.3 is 20.4 Å². The molecule has 2 heterocycles. The molecule has 2 aliphatic rings. The summed E-state index contributed by atoms with van der Waals surface area (Å²) >= 11 is 0. The fourth-order valence-corrected chi connectivity index (χ4v) is 2.47. The highest BCUT2D eigenvalue weighted by Gasteiger charge is 2.43. The molecule has 2 rings (SSSR count). The van der Waals surface area contributed by atoms with E-state index in [0.717, 1.165) is 19.4 Å². The van der Waals surface area contributed by atoms with E-state index in [-0.39, 0.29) is 6.04 Å². The largest absolute Gasteiger partial charge is 0.389 e. The van der Waals surface area contributed by atoms with E-state index in [1.807, 2.05) is 4.90 Å². The molecule has 14 heavy (non-hydrogen) atoms. The van der Waals surface area contributed by atoms with E-state index in [1.165, 1.54) is 0 Å². The summed E-state index contributed by atoms with van der Waals surface area (Å²) in [5.74, 6) is 0. The van der Waals surface area contributed by atoms with Gasteiger partial charge in [-0.3, -0.25) is 4.90 Å². The number of hydrogen-bond acceptors (Lipinski definition) is 5. The van der Waals surface area contributed by atoms with E-state index in [4.69, 9.17) is 0 Å². The van der Waals surface area contributed by atoms with Crippen molar-refractivity contribution in [1.82, 2.24) is 4.90 Å². The summed E-state index contributed by atoms with van der Waals surface area (Å²) in [6.07, 6.45) is -2.62. The van der Waals surface area contributed by atoms with Crippen LogP contribution in [0.1, 0.15) is 12.8 Å². The fourth-order valence-electron chi connectivity index (χ4n) is 2.47. The van der Waals surface area contributed by atoms with Crippen LogP contribution < -0.4 is 0 Å². The number of nitrogens with zero attached hydrogens (tertiary/aromatic N) is 1. The first-order chi connectivity index (χ1) is 6.61. The van der Waals surface area contributed by atoms with Gasteiger partial charge in [0.2, 0.25) is 0 Å². The molecule has 0 aromatic carbocycles. The first-order valence-corrected chi connectivity index (χ1v) is 5.07. The Labute approximate surface area is 82.6 Å². The topological polar surface area (TPSA) is 84.2 Å². The second-order valence-corrected chi connectivity index (χ2v) is 4.24. The van der Waals surface area contributed by atoms with Gasteiger partial charge >= 0.3 is 0 Å². The van der Waals surface area contributed by atoms with Crippen molar-refractivity contribution in [3.8, 4) is 0 Å². The maximum absolute atomic E-state index is 9.75. The first-order valence-electron chi connectivity index (χ1n) is 5.07. The fraction of sp³-hybridized carbons (Fsp3) is 1.00. The van der Waals surface area contributed by atoms with Gasteiger partial charge in [0, 0.05) is 12.6 Å². The quantitative estimate of drug-likeness (QED) is 0.363. The van der Waals surface area contributed by atoms with E-state index >= 15 is 0 Å². The van der Waals surface area contributed by atoms with E-state index in [2.05, 4.69) is 0 Å². The molecule has 5 atom stereocenters. The van der Waals surface area contributed by atoms with Crippen molar-refractivity contribution in [3.63, 3.8) is 0 Å². The minimum Gasteiger partial charge on any atom is -0.389 e. The maximum atomic E-state index is 9.75. The van der Waals surface area contributed by atoms with Crippen LogP contribution in [0.25, 0.3) is 0 Å². The highest BCUT2D eigenvalue weighted by atomic mass is 16.4. The smallest absolute Gasteiger partial charge is 0.110 e. The highest BCUT2D eigenvalue weighted by Crippen LogP contribution is 2.27. The van der Waals surface area contributed by atoms with Gasteiger partial charge in [0.1, 0.15) is 12.2 Å². The zero-order valence-electron chi connectivity index (χ0n) is 7.95. The average Bonchev–Trinajstić information content (AvgIpc) is 2.59. The Balaban J connectivity index is 2.17. The second-order valence-electron chi connectivity index (χ2n) is 4.24. The van der Waals surface area contributed by atoms with E-state index in [9.17, 15) is 20.4 Å². The number of aliphatic hydroxyl groups is 4. The predicted molar refractivity (Wildman–Crippen MR) is 48.6 cm³/mol. The molecule has 0 bridgehead atoms. The summed E-state index contributed by atoms with van der Waals surface area (Å²) in [6.45, 7) is 1.15. The van der Waals surface area contributed by atoms with Crippen LogP contribution in [0.5, 0.6) is 0 Å². The standard InChI is InChI=1S/C9H17NO4/c11-6-4-10-3-1-2-5(10)7(12)9(14)8(6)13/h5-9,11-14H,1-4H2/t5-,6+,7-,8-,9-/m1/s1. The van der Waals surface area contributed by atoms with Crippen LogP contribution in [0.15, 0.2) is 0 Å². The summed E-state index contributed by atoms with van der Waals surface area (Å²) in [6, 6.07) is -0.114. The predicted octanol–water partition coefficient (Wildman–Crippen LogP) is -2.09. The summed E-state index contributed by atoms with van der Waals surface area (Å²) in [5.41, 5.74) is 0. The third kappa shape index (κ3) is 1.55. The number of hydrogen-bond donors (Lipinski definition) is 4. The molecule has 82 valence electrons. The lowest BCUT2D eigenvalue weighted by atomic mass is 9.99. The molecule has 0 unspecified atom stereocenters. The van der Waals surface area contributed by atoms with Gasteiger partial charge in [-0.15, -0.1) is 0 Å². The molecular weight excluding hydrogens is 186 g/mol. The molecule has 2 aliphatic heterocycles. The monoisotopic (exact) mass is 203 g/mol. The van der Waals surface area contributed by atoms with E-state index < -0.39 is 24.4 Å². The van der Waals surface area contributed by atoms with E-state index in [0.29, 0.717) is 6.54 Å². The number of aliphatic hydroxyl groups excluding tert-OH is 4. The Hall–Kier alpha value is -0.200. The summed E-state index contributed by atoms with van der Waals surface area (Å²) in [5, 5.41) is 38.3. The summed E-state index contributed by atoms with van der Waals surface area (Å²) in [4.78, 5) is 1.94. The molecule has 0 aliphatic carbocycles. The molecule has 0 radical (unpaired) electrons. The van der Waals surface area contributed by atoms with Gasteiger partial charge in [-0.2, -0.15) is 0 Å². The second kappa shape index (κ2) is 3.75. The van der Waals surface area contributed by atoms with Crippen LogP contribution in [0.4, 0.5) is 0 Å². The SMILES string of the molecule is O[C@@H]1[C@H](O)[C@H]2CCCN2C[C@H](O)[C@H]1O. The van der Waals surface area contributed by atoms with Gasteiger partial charge in [-0.25, -0.2) is 0 Å². The van der Waals surface area contributed by atoms with Gasteiger partial charge in [0.25, 0.3) is 0 Å². The van der Waals surface area contributed by atoms with Gasteiger partial charge in [-0.05, 0) is 19.4 Å². The molecule has 4 N–H and O–H groups in total. The lowest BCUT2D eigenvalue weighted by Crippen LogP contribution is -2.46. The van der Waals surface area contributed by atoms with Crippen LogP contribution in [-0.4, -0.2) is 68.9 Å². The molecule has 5 heteroatoms. The number of fused-ring (bicyclic) bond motifs is 1. The van der Waals surface area contributed by atoms with Gasteiger partial charge in [0.15, 0.2) is 0 Å². The normalized spacial score (nSPS) is 50.1. The van der Waals surface area contributed by atoms with Crippen molar-refractivity contribution in [2.75, 3.05) is 13.1 Å². The molecule has 2 fully saturated rings. The van der Waals surface area contributed by atoms with Crippen LogP contribution in [-0.2, 0) is 0 Å². The Bertz CT molecular complexity index is 213. The Morgan fingerprint density at radius 2 is 1.64 bits per heavy atom. The molecule has 0 saturated carbocycles. The van der Waals surface area contributed by atoms with E-state index in [1.54, 1.807) is 0 Å². The van der Waals surface area contributed by atoms with Crippen molar-refractivity contribution >= 4 is 0 Å². The van der Waals surface area contributed by atoms with Gasteiger partial charge in [-0.1, -0.05) is 0 Å². The highest BCUT2D eigenvalue weighted by molar-refractivity contribution is 4.97. The number of rotatable bonds is 0. The third-order valence-corrected chi connectivity index (χ3v) is 3.32. The molecule has 2 saturated heterocycles. The maximum Gasteiger partial charge on any atom is 0.110 e. The average molecular weight is 203 g/mol. The molecule has 0 spiro atoms. The zero-order valence-corrected chi connectivity index (χ0v) is 7.95. The molecular formula is C9H17NO4. The van der Waals surface area contributed by atoms with Crippen LogP contribution in [0.3, 0.4) is 0 Å². The first kappa shape index (κ1) is 10.3. The van der Waals surface area contributed by atoms with Crippen LogP contribution >= 0.6 is 0 Å². The minimum atomic E-state index is -1.24. The minimum absolute atomic E-state index is 0.114. The Kier molecular flexibility index (Phi) is 2.77. The molecule has 0 aromatic heterocycles. The summed E-state index contributed by atoms with van der Waals surface area (Å²) < 4.78 is 0. The molecule has 0 amide bonds. The van der Waals surface area contributed by atoms with Crippen molar-refractivity contribution in [1.29, 1.82) is 0 Å². The molecule has 5 nitrogen and oxygen atoms in total. The lowest BCUT2D eigenvalue weighted by molar-refractivity contribution is -0.0959. The van der Waals surface area contributed by atoms with Crippen LogP contribution in [0.2, 0.25) is 0 Å². The Morgan fingerprint density at radius 3 is 2.36 bits per heavy atom. The Morgan fingerprint density at radius 1 is 0.929 bits per heavy atom.